The summed E-state index contributed by atoms with van der Waals surface area (Å²) in [6.07, 6.45) is 1.76. The van der Waals surface area contributed by atoms with Gasteiger partial charge in [0.1, 0.15) is 5.60 Å². The molecule has 0 bridgehead atoms. The molecule has 3 rings (SSSR count). The minimum Gasteiger partial charge on any atom is -0.443 e. The van der Waals surface area contributed by atoms with Crippen molar-refractivity contribution in [3.05, 3.63) is 52.1 Å². The van der Waals surface area contributed by atoms with E-state index in [2.05, 4.69) is 9.98 Å². The van der Waals surface area contributed by atoms with E-state index in [1.165, 1.54) is 22.1 Å². The van der Waals surface area contributed by atoms with Crippen LogP contribution in [0.25, 0.3) is 10.9 Å². The van der Waals surface area contributed by atoms with Crippen molar-refractivity contribution in [2.75, 3.05) is 7.05 Å². The van der Waals surface area contributed by atoms with Crippen LogP contribution in [0.5, 0.6) is 0 Å². The summed E-state index contributed by atoms with van der Waals surface area (Å²) < 4.78 is 6.86. The fourth-order valence-electron chi connectivity index (χ4n) is 2.90. The normalized spacial score (nSPS) is 12.4. The van der Waals surface area contributed by atoms with Crippen LogP contribution >= 0.6 is 11.3 Å². The second-order valence-electron chi connectivity index (χ2n) is 7.30. The molecular formula is C21H23N3O3S. The standard InChI is InChI=1S/C21H23N3O3S/c1-6-15(22-5)16-12-28-19(23-16)18(25)14-11-24(20(26)27-21(2,3)4)17-10-8-7-9-13(14)17/h7-12H,6H2,1-5H3. The number of para-hydroxylation sites is 1. The van der Waals surface area contributed by atoms with Crippen LogP contribution in [0.3, 0.4) is 0 Å². The number of rotatable bonds is 4. The molecule has 1 aromatic carbocycles. The molecule has 7 heteroatoms. The summed E-state index contributed by atoms with van der Waals surface area (Å²) in [5.41, 5.74) is 1.99. The van der Waals surface area contributed by atoms with Crippen LogP contribution in [0, 0.1) is 0 Å². The van der Waals surface area contributed by atoms with Crippen molar-refractivity contribution >= 4 is 39.8 Å². The Morgan fingerprint density at radius 2 is 1.96 bits per heavy atom. The molecule has 6 nitrogen and oxygen atoms in total. The van der Waals surface area contributed by atoms with E-state index in [9.17, 15) is 9.59 Å². The highest BCUT2D eigenvalue weighted by atomic mass is 32.1. The maximum absolute atomic E-state index is 13.1. The second-order valence-corrected chi connectivity index (χ2v) is 8.16. The van der Waals surface area contributed by atoms with E-state index < -0.39 is 11.7 Å². The Labute approximate surface area is 167 Å². The first-order valence-electron chi connectivity index (χ1n) is 9.05. The lowest BCUT2D eigenvalue weighted by molar-refractivity contribution is 0.0544. The van der Waals surface area contributed by atoms with Crippen LogP contribution in [0.4, 0.5) is 4.79 Å². The highest BCUT2D eigenvalue weighted by Gasteiger charge is 2.24. The van der Waals surface area contributed by atoms with Crippen LogP contribution in [0.1, 0.15) is 55.2 Å². The quantitative estimate of drug-likeness (QED) is 0.462. The van der Waals surface area contributed by atoms with Gasteiger partial charge in [-0.1, -0.05) is 25.1 Å². The Morgan fingerprint density at radius 1 is 1.25 bits per heavy atom. The van der Waals surface area contributed by atoms with Crippen molar-refractivity contribution < 1.29 is 14.3 Å². The minimum atomic E-state index is -0.632. The number of carbonyl (C=O) groups is 2. The summed E-state index contributed by atoms with van der Waals surface area (Å²) in [7, 11) is 1.72. The van der Waals surface area contributed by atoms with Gasteiger partial charge in [0, 0.05) is 24.0 Å². The zero-order valence-electron chi connectivity index (χ0n) is 16.6. The summed E-state index contributed by atoms with van der Waals surface area (Å²) in [4.78, 5) is 34.4. The highest BCUT2D eigenvalue weighted by molar-refractivity contribution is 7.12. The molecule has 0 amide bonds. The van der Waals surface area contributed by atoms with Crippen molar-refractivity contribution in [2.45, 2.75) is 39.7 Å². The molecule has 0 fully saturated rings. The third kappa shape index (κ3) is 3.89. The summed E-state index contributed by atoms with van der Waals surface area (Å²) >= 11 is 1.28. The smallest absolute Gasteiger partial charge is 0.419 e. The second kappa shape index (κ2) is 7.67. The van der Waals surface area contributed by atoms with Crippen molar-refractivity contribution in [2.24, 2.45) is 4.99 Å². The molecule has 3 aromatic rings. The molecular weight excluding hydrogens is 374 g/mol. The first kappa shape index (κ1) is 19.9. The Hall–Kier alpha value is -2.80. The number of ketones is 1. The fourth-order valence-corrected chi connectivity index (χ4v) is 3.68. The van der Waals surface area contributed by atoms with E-state index in [4.69, 9.17) is 4.74 Å². The molecule has 0 saturated heterocycles. The lowest BCUT2D eigenvalue weighted by atomic mass is 10.1. The predicted octanol–water partition coefficient (Wildman–Crippen LogP) is 4.94. The zero-order valence-corrected chi connectivity index (χ0v) is 17.5. The van der Waals surface area contributed by atoms with Crippen LogP contribution in [0.15, 0.2) is 40.8 Å². The molecule has 0 spiro atoms. The van der Waals surface area contributed by atoms with Gasteiger partial charge in [-0.25, -0.2) is 9.78 Å². The molecule has 0 unspecified atom stereocenters. The molecule has 0 saturated carbocycles. The van der Waals surface area contributed by atoms with Crippen LogP contribution in [-0.4, -0.2) is 39.8 Å². The van der Waals surface area contributed by atoms with E-state index in [-0.39, 0.29) is 5.78 Å². The third-order valence-electron chi connectivity index (χ3n) is 4.15. The monoisotopic (exact) mass is 397 g/mol. The first-order valence-corrected chi connectivity index (χ1v) is 9.92. The van der Waals surface area contributed by atoms with E-state index in [1.54, 1.807) is 33.9 Å². The number of nitrogens with zero attached hydrogens (tertiary/aromatic N) is 3. The Balaban J connectivity index is 2.04. The number of hydrogen-bond donors (Lipinski definition) is 0. The number of benzene rings is 1. The van der Waals surface area contributed by atoms with Crippen LogP contribution in [-0.2, 0) is 4.74 Å². The predicted molar refractivity (Wildman–Crippen MR) is 112 cm³/mol. The summed E-state index contributed by atoms with van der Waals surface area (Å²) in [6.45, 7) is 7.42. The molecule has 0 aliphatic carbocycles. The number of aromatic nitrogens is 2. The van der Waals surface area contributed by atoms with Crippen LogP contribution in [0.2, 0.25) is 0 Å². The molecule has 146 valence electrons. The van der Waals surface area contributed by atoms with Gasteiger partial charge in [-0.05, 0) is 33.3 Å². The van der Waals surface area contributed by atoms with Gasteiger partial charge in [0.25, 0.3) is 0 Å². The van der Waals surface area contributed by atoms with Crippen molar-refractivity contribution in [3.8, 4) is 0 Å². The van der Waals surface area contributed by atoms with Gasteiger partial charge in [0.2, 0.25) is 5.78 Å². The average molecular weight is 398 g/mol. The molecule has 2 heterocycles. The van der Waals surface area contributed by atoms with Gasteiger partial charge in [0.15, 0.2) is 5.01 Å². The lowest BCUT2D eigenvalue weighted by Gasteiger charge is -2.19. The summed E-state index contributed by atoms with van der Waals surface area (Å²) in [5.74, 6) is -0.221. The Kier molecular flexibility index (Phi) is 5.47. The minimum absolute atomic E-state index is 0.221. The topological polar surface area (TPSA) is 73.5 Å². The van der Waals surface area contributed by atoms with Gasteiger partial charge >= 0.3 is 6.09 Å². The molecule has 0 aliphatic heterocycles. The number of aliphatic imine (C=N–C) groups is 1. The van der Waals surface area contributed by atoms with Crippen molar-refractivity contribution in [1.29, 1.82) is 0 Å². The largest absolute Gasteiger partial charge is 0.443 e. The van der Waals surface area contributed by atoms with Gasteiger partial charge in [-0.15, -0.1) is 11.3 Å². The van der Waals surface area contributed by atoms with Crippen molar-refractivity contribution in [1.82, 2.24) is 9.55 Å². The average Bonchev–Trinajstić information content (AvgIpc) is 3.26. The maximum atomic E-state index is 13.1. The van der Waals surface area contributed by atoms with Gasteiger partial charge < -0.3 is 4.74 Å². The van der Waals surface area contributed by atoms with E-state index in [0.717, 1.165) is 12.1 Å². The molecule has 0 radical (unpaired) electrons. The van der Waals surface area contributed by atoms with Crippen molar-refractivity contribution in [3.63, 3.8) is 0 Å². The first-order chi connectivity index (χ1) is 13.2. The Morgan fingerprint density at radius 3 is 2.61 bits per heavy atom. The third-order valence-corrected chi connectivity index (χ3v) is 4.99. The molecule has 0 aliphatic rings. The number of fused-ring (bicyclic) bond motifs is 1. The number of ether oxygens (including phenoxy) is 1. The molecule has 28 heavy (non-hydrogen) atoms. The number of hydrogen-bond acceptors (Lipinski definition) is 6. The fraction of sp³-hybridized carbons (Fsp3) is 0.333. The zero-order chi connectivity index (χ0) is 20.5. The Bertz CT molecular complexity index is 1070. The number of thiazole rings is 1. The molecule has 2 aromatic heterocycles. The molecule has 0 atom stereocenters. The molecule has 0 N–H and O–H groups in total. The highest BCUT2D eigenvalue weighted by Crippen LogP contribution is 2.26. The summed E-state index contributed by atoms with van der Waals surface area (Å²) in [5, 5.41) is 2.90. The van der Waals surface area contributed by atoms with E-state index >= 15 is 0 Å². The SMILES string of the molecule is CCC(=NC)c1csc(C(=O)c2cn(C(=O)OC(C)(C)C)c3ccccc23)n1. The van der Waals surface area contributed by atoms with Gasteiger partial charge in [-0.2, -0.15) is 0 Å². The maximum Gasteiger partial charge on any atom is 0.419 e. The summed E-state index contributed by atoms with van der Waals surface area (Å²) in [6, 6.07) is 7.28. The van der Waals surface area contributed by atoms with Gasteiger partial charge in [0.05, 0.1) is 22.5 Å². The van der Waals surface area contributed by atoms with Gasteiger partial charge in [-0.3, -0.25) is 14.4 Å². The lowest BCUT2D eigenvalue weighted by Crippen LogP contribution is -2.26. The van der Waals surface area contributed by atoms with E-state index in [1.807, 2.05) is 30.5 Å². The van der Waals surface area contributed by atoms with Crippen LogP contribution < -0.4 is 0 Å². The van der Waals surface area contributed by atoms with E-state index in [0.29, 0.717) is 27.2 Å². The number of carbonyl (C=O) groups excluding carboxylic acids is 2.